The number of furan rings is 1. The monoisotopic (exact) mass is 670 g/mol. The van der Waals surface area contributed by atoms with Crippen molar-refractivity contribution in [1.29, 1.82) is 0 Å². The molecule has 11 aromatic rings. The van der Waals surface area contributed by atoms with Gasteiger partial charge in [-0.2, -0.15) is 0 Å². The Balaban J connectivity index is 1.29. The molecule has 3 nitrogen and oxygen atoms in total. The SMILES string of the molecule is [2H]c1ccc(-c2c([2H])c([2H])c([2H])c3oc4c([2H])cc(-n5c6cc([2H])c([2H])c([2H])c6c6c([2H])c(-c7c([2H])c([2H])c8c9c([2H])c([2H])c([2H])c([2H])c9n(-c9ccccc9)c8c7[2H])c([2H])c([2H])c65)cc4c23)c([2H])c1[2H]. The number of benzene rings is 8. The van der Waals surface area contributed by atoms with Gasteiger partial charge in [0.05, 0.1) is 49.5 Å². The van der Waals surface area contributed by atoms with E-state index in [9.17, 15) is 11.0 Å². The van der Waals surface area contributed by atoms with E-state index in [0.717, 1.165) is 0 Å². The van der Waals surface area contributed by atoms with Crippen molar-refractivity contribution in [3.05, 3.63) is 182 Å². The van der Waals surface area contributed by atoms with Crippen molar-refractivity contribution in [3.8, 4) is 33.6 Å². The van der Waals surface area contributed by atoms with Gasteiger partial charge >= 0.3 is 0 Å². The van der Waals surface area contributed by atoms with Gasteiger partial charge in [0.25, 0.3) is 0 Å². The molecule has 238 valence electrons. The van der Waals surface area contributed by atoms with E-state index in [-0.39, 0.29) is 94.4 Å². The quantitative estimate of drug-likeness (QED) is 0.183. The predicted octanol–water partition coefficient (Wildman–Crippen LogP) is 13.1. The van der Waals surface area contributed by atoms with Gasteiger partial charge in [-0.15, -0.1) is 0 Å². The molecular formula is C48H30N2O. The summed E-state index contributed by atoms with van der Waals surface area (Å²) in [6.07, 6.45) is 0. The van der Waals surface area contributed by atoms with Crippen molar-refractivity contribution >= 4 is 65.6 Å². The Labute approximate surface area is 321 Å². The number of rotatable bonds is 4. The topological polar surface area (TPSA) is 23.0 Å². The maximum atomic E-state index is 9.90. The molecule has 0 bridgehead atoms. The molecule has 0 spiro atoms. The summed E-state index contributed by atoms with van der Waals surface area (Å²) in [4.78, 5) is 0. The van der Waals surface area contributed by atoms with Crippen LogP contribution < -0.4 is 0 Å². The maximum Gasteiger partial charge on any atom is 0.136 e. The molecule has 0 amide bonds. The van der Waals surface area contributed by atoms with Crippen LogP contribution >= 0.6 is 0 Å². The predicted molar refractivity (Wildman–Crippen MR) is 213 cm³/mol. The first-order chi connectivity index (χ1) is 33.6. The third-order valence-corrected chi connectivity index (χ3v) is 8.99. The van der Waals surface area contributed by atoms with Gasteiger partial charge in [-0.25, -0.2) is 0 Å². The van der Waals surface area contributed by atoms with Crippen molar-refractivity contribution in [2.24, 2.45) is 0 Å². The van der Waals surface area contributed by atoms with Crippen LogP contribution in [-0.2, 0) is 0 Å². The summed E-state index contributed by atoms with van der Waals surface area (Å²) in [5.41, 5.74) is -1.61. The van der Waals surface area contributed by atoms with Gasteiger partial charge in [-0.1, -0.05) is 115 Å². The van der Waals surface area contributed by atoms with Crippen molar-refractivity contribution < 1.29 is 31.8 Å². The van der Waals surface area contributed by atoms with E-state index < -0.39 is 120 Å². The highest BCUT2D eigenvalue weighted by Gasteiger charge is 2.18. The van der Waals surface area contributed by atoms with E-state index in [2.05, 4.69) is 0 Å². The minimum absolute atomic E-state index is 0.00715. The number of aromatic nitrogens is 2. The molecule has 0 radical (unpaired) electrons. The molecule has 0 atom stereocenters. The summed E-state index contributed by atoms with van der Waals surface area (Å²) >= 11 is 0. The first kappa shape index (κ1) is 15.0. The molecule has 0 aliphatic carbocycles. The average molecular weight is 671 g/mol. The molecule has 0 aliphatic heterocycles. The van der Waals surface area contributed by atoms with E-state index in [1.165, 1.54) is 39.5 Å². The molecule has 3 aromatic heterocycles. The fourth-order valence-electron chi connectivity index (χ4n) is 6.80. The van der Waals surface area contributed by atoms with Crippen molar-refractivity contribution in [3.63, 3.8) is 0 Å². The first-order valence-corrected chi connectivity index (χ1v) is 15.8. The van der Waals surface area contributed by atoms with Gasteiger partial charge in [0, 0.05) is 43.7 Å². The van der Waals surface area contributed by atoms with E-state index in [4.69, 9.17) is 20.9 Å². The standard InChI is InChI=1S/C48H30N2O/c1-3-12-31(13-4-1)36-18-11-21-47-48(36)41-30-35(24-27-46(41)51-47)50-43-20-10-8-17-38(43)40-28-32(23-26-44(40)50)33-22-25-39-37-16-7-9-19-42(37)49(45(39)29-33)34-14-5-2-6-15-34/h1-30H/i1D,3D,7D,8D,9D,10D,11D,12D,16D,17D,18D,19D,21D,22D,23D,25D,26D,27D,28D,29D. The van der Waals surface area contributed by atoms with Crippen LogP contribution in [0.5, 0.6) is 0 Å². The first-order valence-electron chi connectivity index (χ1n) is 25.8. The fraction of sp³-hybridized carbons (Fsp3) is 0. The molecular weight excluding hydrogens is 621 g/mol. The second-order valence-electron chi connectivity index (χ2n) is 11.8. The Morgan fingerprint density at radius 2 is 1.18 bits per heavy atom. The molecule has 0 aliphatic rings. The molecule has 11 rings (SSSR count). The number of nitrogens with zero attached hydrogens (tertiary/aromatic N) is 2. The van der Waals surface area contributed by atoms with Crippen LogP contribution in [0, 0.1) is 0 Å². The van der Waals surface area contributed by atoms with Crippen molar-refractivity contribution in [2.45, 2.75) is 0 Å². The van der Waals surface area contributed by atoms with E-state index in [1.54, 1.807) is 30.3 Å². The van der Waals surface area contributed by atoms with Crippen molar-refractivity contribution in [1.82, 2.24) is 9.13 Å². The molecule has 0 fully saturated rings. The summed E-state index contributed by atoms with van der Waals surface area (Å²) in [5, 5.41) is -0.611. The molecule has 0 saturated heterocycles. The Morgan fingerprint density at radius 1 is 0.412 bits per heavy atom. The zero-order chi connectivity index (χ0) is 50.9. The van der Waals surface area contributed by atoms with E-state index in [1.807, 2.05) is 0 Å². The molecule has 3 heteroatoms. The number of hydrogen-bond donors (Lipinski definition) is 0. The van der Waals surface area contributed by atoms with Gasteiger partial charge in [-0.3, -0.25) is 0 Å². The number of para-hydroxylation sites is 3. The Morgan fingerprint density at radius 3 is 2.12 bits per heavy atom. The molecule has 0 N–H and O–H groups in total. The van der Waals surface area contributed by atoms with Crippen LogP contribution in [-0.4, -0.2) is 9.13 Å². The van der Waals surface area contributed by atoms with Crippen LogP contribution in [0.15, 0.2) is 186 Å². The summed E-state index contributed by atoms with van der Waals surface area (Å²) in [6, 6.07) is 4.05. The van der Waals surface area contributed by atoms with Gasteiger partial charge in [-0.05, 0) is 88.8 Å². The smallest absolute Gasteiger partial charge is 0.136 e. The Bertz CT molecular complexity index is 4290. The highest BCUT2D eigenvalue weighted by molar-refractivity contribution is 6.15. The lowest BCUT2D eigenvalue weighted by Gasteiger charge is -2.10. The third kappa shape index (κ3) is 4.19. The second-order valence-corrected chi connectivity index (χ2v) is 11.8. The van der Waals surface area contributed by atoms with Gasteiger partial charge in [0.1, 0.15) is 11.2 Å². The maximum absolute atomic E-state index is 9.90. The molecule has 51 heavy (non-hydrogen) atoms. The zero-order valence-corrected chi connectivity index (χ0v) is 26.1. The number of hydrogen-bond acceptors (Lipinski definition) is 1. The molecule has 0 unspecified atom stereocenters. The average Bonchev–Trinajstić information content (AvgIpc) is 4.03. The van der Waals surface area contributed by atoms with Crippen LogP contribution in [0.25, 0.3) is 99.2 Å². The Hall–Kier alpha value is -6.84. The summed E-state index contributed by atoms with van der Waals surface area (Å²) in [7, 11) is 0. The van der Waals surface area contributed by atoms with Gasteiger partial charge < -0.3 is 13.6 Å². The largest absolute Gasteiger partial charge is 0.456 e. The summed E-state index contributed by atoms with van der Waals surface area (Å²) in [5.74, 6) is 0. The van der Waals surface area contributed by atoms with Crippen LogP contribution in [0.1, 0.15) is 27.4 Å². The fourth-order valence-corrected chi connectivity index (χ4v) is 6.80. The van der Waals surface area contributed by atoms with Gasteiger partial charge in [0.15, 0.2) is 0 Å². The van der Waals surface area contributed by atoms with E-state index in [0.29, 0.717) is 5.69 Å². The summed E-state index contributed by atoms with van der Waals surface area (Å²) in [6.45, 7) is 0. The minimum Gasteiger partial charge on any atom is -0.456 e. The lowest BCUT2D eigenvalue weighted by Crippen LogP contribution is -1.94. The highest BCUT2D eigenvalue weighted by Crippen LogP contribution is 2.41. The van der Waals surface area contributed by atoms with Crippen LogP contribution in [0.2, 0.25) is 0 Å². The third-order valence-electron chi connectivity index (χ3n) is 8.99. The lowest BCUT2D eigenvalue weighted by molar-refractivity contribution is 0.669. The second kappa shape index (κ2) is 10.8. The van der Waals surface area contributed by atoms with E-state index >= 15 is 0 Å². The van der Waals surface area contributed by atoms with Crippen LogP contribution in [0.4, 0.5) is 0 Å². The molecule has 8 aromatic carbocycles. The lowest BCUT2D eigenvalue weighted by atomic mass is 9.99. The highest BCUT2D eigenvalue weighted by atomic mass is 16.3. The zero-order valence-electron chi connectivity index (χ0n) is 46.1. The Kier molecular flexibility index (Phi) is 3.18. The molecule has 3 heterocycles. The minimum atomic E-state index is -0.724. The van der Waals surface area contributed by atoms with Crippen molar-refractivity contribution in [2.75, 3.05) is 0 Å². The number of fused-ring (bicyclic) bond motifs is 9. The van der Waals surface area contributed by atoms with Gasteiger partial charge in [0.2, 0.25) is 0 Å². The molecule has 0 saturated carbocycles. The summed E-state index contributed by atoms with van der Waals surface area (Å²) < 4.78 is 189. The normalized spacial score (nSPS) is 17.4. The van der Waals surface area contributed by atoms with Crippen LogP contribution in [0.3, 0.4) is 0 Å².